The fourth-order valence-corrected chi connectivity index (χ4v) is 5.39. The van der Waals surface area contributed by atoms with Crippen molar-refractivity contribution in [1.29, 1.82) is 0 Å². The van der Waals surface area contributed by atoms with Crippen molar-refractivity contribution in [3.8, 4) is 0 Å². The Labute approximate surface area is 273 Å². The molecule has 10 heteroatoms. The molecule has 2 aromatic heterocycles. The molecule has 3 aromatic carbocycles. The second kappa shape index (κ2) is 15.1. The highest BCUT2D eigenvalue weighted by Crippen LogP contribution is 2.32. The number of esters is 1. The summed E-state index contributed by atoms with van der Waals surface area (Å²) in [5.41, 5.74) is 1.44. The van der Waals surface area contributed by atoms with Gasteiger partial charge in [-0.1, -0.05) is 61.4 Å². The molecular formula is C37H37N5O5. The van der Waals surface area contributed by atoms with Gasteiger partial charge in [-0.05, 0) is 61.7 Å². The number of pyridine rings is 2. The monoisotopic (exact) mass is 631 g/mol. The molecule has 0 saturated heterocycles. The van der Waals surface area contributed by atoms with Gasteiger partial charge in [0.15, 0.2) is 5.41 Å². The summed E-state index contributed by atoms with van der Waals surface area (Å²) in [7, 11) is 1.37. The number of amides is 3. The van der Waals surface area contributed by atoms with Crippen LogP contribution in [0.25, 0.3) is 21.8 Å². The summed E-state index contributed by atoms with van der Waals surface area (Å²) < 4.78 is 4.65. The van der Waals surface area contributed by atoms with Crippen LogP contribution in [0.1, 0.15) is 51.0 Å². The number of rotatable bonds is 13. The molecule has 2 heterocycles. The van der Waals surface area contributed by atoms with Crippen LogP contribution in [0.2, 0.25) is 0 Å². The van der Waals surface area contributed by atoms with Crippen molar-refractivity contribution in [3.05, 3.63) is 103 Å². The van der Waals surface area contributed by atoms with Crippen LogP contribution >= 0.6 is 0 Å². The number of nitrogens with zero attached hydrogens (tertiary/aromatic N) is 2. The Morgan fingerprint density at radius 3 is 1.68 bits per heavy atom. The van der Waals surface area contributed by atoms with Gasteiger partial charge in [0.25, 0.3) is 0 Å². The number of para-hydroxylation sites is 2. The fraction of sp³-hybridized carbons (Fsp3) is 0.243. The molecule has 5 aromatic rings. The Morgan fingerprint density at radius 2 is 1.15 bits per heavy atom. The van der Waals surface area contributed by atoms with Gasteiger partial charge in [-0.3, -0.25) is 29.1 Å². The van der Waals surface area contributed by atoms with E-state index in [-0.39, 0.29) is 11.9 Å². The summed E-state index contributed by atoms with van der Waals surface area (Å²) in [4.78, 5) is 61.1. The molecule has 3 amide bonds. The zero-order chi connectivity index (χ0) is 33.2. The predicted octanol–water partition coefficient (Wildman–Crippen LogP) is 6.77. The molecule has 0 aliphatic rings. The molecule has 0 spiro atoms. The van der Waals surface area contributed by atoms with Crippen molar-refractivity contribution >= 4 is 62.6 Å². The number of unbranched alkanes of at least 4 members (excludes halogenated alkanes) is 3. The molecule has 0 radical (unpaired) electrons. The molecule has 0 bridgehead atoms. The number of hydrogen-bond acceptors (Lipinski definition) is 7. The first-order valence-electron chi connectivity index (χ1n) is 15.6. The molecule has 0 aliphatic carbocycles. The maximum absolute atomic E-state index is 14.2. The highest BCUT2D eigenvalue weighted by atomic mass is 16.5. The third-order valence-electron chi connectivity index (χ3n) is 8.18. The minimum absolute atomic E-state index is 0.143. The second-order valence-electron chi connectivity index (χ2n) is 11.4. The first-order chi connectivity index (χ1) is 22.8. The number of anilines is 3. The maximum atomic E-state index is 14.2. The van der Waals surface area contributed by atoms with Gasteiger partial charge < -0.3 is 20.7 Å². The van der Waals surface area contributed by atoms with Crippen molar-refractivity contribution in [2.75, 3.05) is 23.1 Å². The Kier molecular flexibility index (Phi) is 10.5. The predicted molar refractivity (Wildman–Crippen MR) is 183 cm³/mol. The van der Waals surface area contributed by atoms with Gasteiger partial charge in [-0.2, -0.15) is 0 Å². The summed E-state index contributed by atoms with van der Waals surface area (Å²) >= 11 is 0. The lowest BCUT2D eigenvalue weighted by molar-refractivity contribution is -0.140. The third-order valence-corrected chi connectivity index (χ3v) is 8.18. The van der Waals surface area contributed by atoms with E-state index in [1.807, 2.05) is 48.5 Å². The number of hydrogen-bond donors (Lipinski definition) is 3. The SMILES string of the molecule is COC(=O)CCCCCCC(=O)Nc1ccc(C(C)(C(=O)Nc2cccc3cccnc23)C(=O)Nc2cccc3cccnc23)cc1. The number of carbonyl (C=O) groups excluding carboxylic acids is 4. The van der Waals surface area contributed by atoms with Gasteiger partial charge in [0.05, 0.1) is 29.5 Å². The molecule has 5 rings (SSSR count). The van der Waals surface area contributed by atoms with Crippen molar-refractivity contribution in [3.63, 3.8) is 0 Å². The van der Waals surface area contributed by atoms with E-state index in [4.69, 9.17) is 0 Å². The average molecular weight is 632 g/mol. The van der Waals surface area contributed by atoms with Gasteiger partial charge in [-0.15, -0.1) is 0 Å². The summed E-state index contributed by atoms with van der Waals surface area (Å²) in [6.07, 6.45) is 7.08. The van der Waals surface area contributed by atoms with E-state index >= 15 is 0 Å². The number of ether oxygens (including phenoxy) is 1. The average Bonchev–Trinajstić information content (AvgIpc) is 3.09. The highest BCUT2D eigenvalue weighted by Gasteiger charge is 2.43. The van der Waals surface area contributed by atoms with Gasteiger partial charge in [-0.25, -0.2) is 0 Å². The van der Waals surface area contributed by atoms with Crippen LogP contribution in [-0.4, -0.2) is 40.8 Å². The number of aromatic nitrogens is 2. The first-order valence-corrected chi connectivity index (χ1v) is 15.6. The molecule has 10 nitrogen and oxygen atoms in total. The second-order valence-corrected chi connectivity index (χ2v) is 11.4. The molecule has 240 valence electrons. The van der Waals surface area contributed by atoms with Crippen molar-refractivity contribution in [2.24, 2.45) is 0 Å². The van der Waals surface area contributed by atoms with Crippen LogP contribution in [0.4, 0.5) is 17.1 Å². The molecule has 47 heavy (non-hydrogen) atoms. The third kappa shape index (κ3) is 7.78. The quantitative estimate of drug-likeness (QED) is 0.0740. The first kappa shape index (κ1) is 32.7. The Hall–Kier alpha value is -5.64. The lowest BCUT2D eigenvalue weighted by Gasteiger charge is -2.28. The number of methoxy groups -OCH3 is 1. The van der Waals surface area contributed by atoms with E-state index in [1.165, 1.54) is 7.11 Å². The topological polar surface area (TPSA) is 139 Å². The van der Waals surface area contributed by atoms with Crippen LogP contribution in [0, 0.1) is 0 Å². The van der Waals surface area contributed by atoms with Gasteiger partial charge in [0.1, 0.15) is 0 Å². The Balaban J connectivity index is 1.35. The molecule has 0 atom stereocenters. The highest BCUT2D eigenvalue weighted by molar-refractivity contribution is 6.21. The smallest absolute Gasteiger partial charge is 0.305 e. The molecular weight excluding hydrogens is 594 g/mol. The summed E-state index contributed by atoms with van der Waals surface area (Å²) in [6, 6.07) is 25.1. The van der Waals surface area contributed by atoms with Gasteiger partial charge in [0.2, 0.25) is 17.7 Å². The number of nitrogens with one attached hydrogen (secondary N) is 3. The van der Waals surface area contributed by atoms with Crippen LogP contribution in [-0.2, 0) is 29.3 Å². The van der Waals surface area contributed by atoms with Crippen LogP contribution < -0.4 is 16.0 Å². The summed E-state index contributed by atoms with van der Waals surface area (Å²) in [6.45, 7) is 1.57. The van der Waals surface area contributed by atoms with E-state index in [2.05, 4.69) is 30.7 Å². The van der Waals surface area contributed by atoms with E-state index in [9.17, 15) is 19.2 Å². The Bertz CT molecular complexity index is 1800. The van der Waals surface area contributed by atoms with Crippen molar-refractivity contribution in [1.82, 2.24) is 9.97 Å². The van der Waals surface area contributed by atoms with Crippen molar-refractivity contribution < 1.29 is 23.9 Å². The maximum Gasteiger partial charge on any atom is 0.305 e. The summed E-state index contributed by atoms with van der Waals surface area (Å²) in [5, 5.41) is 10.5. The number of benzene rings is 3. The molecule has 0 fully saturated rings. The van der Waals surface area contributed by atoms with Gasteiger partial charge in [0, 0.05) is 41.7 Å². The Morgan fingerprint density at radius 1 is 0.638 bits per heavy atom. The van der Waals surface area contributed by atoms with E-state index in [0.29, 0.717) is 52.9 Å². The van der Waals surface area contributed by atoms with Crippen LogP contribution in [0.5, 0.6) is 0 Å². The zero-order valence-corrected chi connectivity index (χ0v) is 26.4. The molecule has 0 aliphatic heterocycles. The van der Waals surface area contributed by atoms with Gasteiger partial charge >= 0.3 is 5.97 Å². The van der Waals surface area contributed by atoms with Crippen LogP contribution in [0.3, 0.4) is 0 Å². The van der Waals surface area contributed by atoms with Crippen LogP contribution in [0.15, 0.2) is 97.3 Å². The molecule has 0 unspecified atom stereocenters. The lowest BCUT2D eigenvalue weighted by atomic mass is 9.80. The van der Waals surface area contributed by atoms with E-state index < -0.39 is 17.2 Å². The van der Waals surface area contributed by atoms with E-state index in [1.54, 1.807) is 55.7 Å². The number of carbonyl (C=O) groups is 4. The lowest BCUT2D eigenvalue weighted by Crippen LogP contribution is -2.47. The molecule has 0 saturated carbocycles. The minimum atomic E-state index is -1.69. The zero-order valence-electron chi connectivity index (χ0n) is 26.4. The summed E-state index contributed by atoms with van der Waals surface area (Å²) in [5.74, 6) is -1.47. The van der Waals surface area contributed by atoms with E-state index in [0.717, 1.165) is 30.0 Å². The standard InChI is InChI=1S/C37H37N5O5/c1-37(35(45)41-29-15-7-11-25-13-9-23-38-33(25)29,36(46)42-30-16-8-12-26-14-10-24-39-34(26)30)27-19-21-28(22-20-27)40-31(43)17-5-3-4-6-18-32(44)47-2/h7-16,19-24H,3-6,17-18H2,1-2H3,(H,40,43)(H,41,45)(H,42,46). The van der Waals surface area contributed by atoms with Crippen molar-refractivity contribution in [2.45, 2.75) is 50.9 Å². The normalized spacial score (nSPS) is 11.2. The number of fused-ring (bicyclic) bond motifs is 2. The largest absolute Gasteiger partial charge is 0.469 e. The fourth-order valence-electron chi connectivity index (χ4n) is 5.39. The minimum Gasteiger partial charge on any atom is -0.469 e. The molecule has 3 N–H and O–H groups in total.